The number of nitrogens with one attached hydrogen (secondary N) is 2. The maximum atomic E-state index is 13.4. The summed E-state index contributed by atoms with van der Waals surface area (Å²) < 4.78 is 5.53. The van der Waals surface area contributed by atoms with Gasteiger partial charge in [-0.25, -0.2) is 0 Å². The first-order valence-corrected chi connectivity index (χ1v) is 8.58. The lowest BCUT2D eigenvalue weighted by atomic mass is 10.0. The molecule has 0 aliphatic carbocycles. The number of methoxy groups -OCH3 is 1. The monoisotopic (exact) mass is 347 g/mol. The van der Waals surface area contributed by atoms with E-state index in [1.54, 1.807) is 12.0 Å². The van der Waals surface area contributed by atoms with E-state index in [-0.39, 0.29) is 12.1 Å². The zero-order valence-corrected chi connectivity index (χ0v) is 15.0. The number of hydrogen-bond acceptors (Lipinski definition) is 3. The maximum absolute atomic E-state index is 13.4. The molecule has 0 saturated carbocycles. The highest BCUT2D eigenvalue weighted by Gasteiger charge is 2.36. The Labute approximate surface area is 152 Å². The molecule has 0 fully saturated rings. The van der Waals surface area contributed by atoms with Gasteiger partial charge in [-0.3, -0.25) is 9.69 Å². The average molecular weight is 347 g/mol. The molecule has 26 heavy (non-hydrogen) atoms. The van der Waals surface area contributed by atoms with Gasteiger partial charge in [-0.15, -0.1) is 0 Å². The van der Waals surface area contributed by atoms with Crippen molar-refractivity contribution < 1.29 is 9.53 Å². The van der Waals surface area contributed by atoms with Crippen molar-refractivity contribution in [2.75, 3.05) is 17.3 Å². The van der Waals surface area contributed by atoms with Crippen LogP contribution in [-0.2, 0) is 0 Å². The van der Waals surface area contributed by atoms with Crippen LogP contribution >= 0.6 is 0 Å². The van der Waals surface area contributed by atoms with E-state index in [1.807, 2.05) is 62.4 Å². The summed E-state index contributed by atoms with van der Waals surface area (Å²) in [5.74, 6) is 0.615. The van der Waals surface area contributed by atoms with Crippen molar-refractivity contribution in [3.8, 4) is 5.75 Å². The lowest BCUT2D eigenvalue weighted by molar-refractivity contribution is 0.0974. The predicted octanol–water partition coefficient (Wildman–Crippen LogP) is 4.41. The van der Waals surface area contributed by atoms with E-state index >= 15 is 0 Å². The molecule has 1 aromatic heterocycles. The first kappa shape index (κ1) is 16.3. The van der Waals surface area contributed by atoms with Gasteiger partial charge >= 0.3 is 0 Å². The Balaban J connectivity index is 1.92. The Morgan fingerprint density at radius 1 is 1.04 bits per heavy atom. The van der Waals surface area contributed by atoms with Crippen molar-refractivity contribution in [3.05, 3.63) is 77.1 Å². The SMILES string of the molecule is COc1ccccc1N1C(=O)c2ccccc2N[C@@H]1c1cc(C)[nH]c1C. The molecule has 0 saturated heterocycles. The molecule has 2 N–H and O–H groups in total. The van der Waals surface area contributed by atoms with Crippen LogP contribution in [0, 0.1) is 13.8 Å². The van der Waals surface area contributed by atoms with E-state index in [9.17, 15) is 4.79 Å². The van der Waals surface area contributed by atoms with Crippen LogP contribution in [0.4, 0.5) is 11.4 Å². The first-order valence-electron chi connectivity index (χ1n) is 8.58. The van der Waals surface area contributed by atoms with Crippen molar-refractivity contribution in [2.45, 2.75) is 20.0 Å². The number of hydrogen-bond donors (Lipinski definition) is 2. The molecule has 0 radical (unpaired) electrons. The van der Waals surface area contributed by atoms with E-state index in [1.165, 1.54) is 0 Å². The number of rotatable bonds is 3. The van der Waals surface area contributed by atoms with Crippen molar-refractivity contribution in [3.63, 3.8) is 0 Å². The number of aryl methyl sites for hydroxylation is 2. The molecule has 2 heterocycles. The van der Waals surface area contributed by atoms with Gasteiger partial charge < -0.3 is 15.0 Å². The zero-order valence-electron chi connectivity index (χ0n) is 15.0. The van der Waals surface area contributed by atoms with Gasteiger partial charge in [-0.1, -0.05) is 24.3 Å². The minimum absolute atomic E-state index is 0.0490. The predicted molar refractivity (Wildman–Crippen MR) is 103 cm³/mol. The Kier molecular flexibility index (Phi) is 3.92. The molecule has 132 valence electrons. The second kappa shape index (κ2) is 6.26. The van der Waals surface area contributed by atoms with Gasteiger partial charge in [0.05, 0.1) is 18.4 Å². The number of H-pyrrole nitrogens is 1. The molecule has 3 aromatic rings. The van der Waals surface area contributed by atoms with Crippen LogP contribution in [0.15, 0.2) is 54.6 Å². The van der Waals surface area contributed by atoms with Crippen molar-refractivity contribution in [2.24, 2.45) is 0 Å². The third-order valence-corrected chi connectivity index (χ3v) is 4.76. The van der Waals surface area contributed by atoms with Crippen molar-refractivity contribution >= 4 is 17.3 Å². The number of benzene rings is 2. The van der Waals surface area contributed by atoms with Gasteiger partial charge in [-0.05, 0) is 44.2 Å². The number of amides is 1. The van der Waals surface area contributed by atoms with E-state index in [2.05, 4.69) is 16.4 Å². The van der Waals surface area contributed by atoms with Crippen LogP contribution in [0.2, 0.25) is 0 Å². The molecule has 1 aliphatic rings. The first-order chi connectivity index (χ1) is 12.6. The molecular weight excluding hydrogens is 326 g/mol. The highest BCUT2D eigenvalue weighted by atomic mass is 16.5. The highest BCUT2D eigenvalue weighted by Crippen LogP contribution is 2.41. The van der Waals surface area contributed by atoms with Gasteiger partial charge in [-0.2, -0.15) is 0 Å². The van der Waals surface area contributed by atoms with Gasteiger partial charge in [0.25, 0.3) is 5.91 Å². The van der Waals surface area contributed by atoms with E-state index in [4.69, 9.17) is 4.74 Å². The Morgan fingerprint density at radius 3 is 2.50 bits per heavy atom. The number of carbonyl (C=O) groups is 1. The molecule has 2 aromatic carbocycles. The molecular formula is C21H21N3O2. The van der Waals surface area contributed by atoms with Crippen LogP contribution < -0.4 is 15.0 Å². The normalized spacial score (nSPS) is 16.2. The number of fused-ring (bicyclic) bond motifs is 1. The third-order valence-electron chi connectivity index (χ3n) is 4.76. The number of para-hydroxylation sites is 3. The molecule has 0 spiro atoms. The van der Waals surface area contributed by atoms with Crippen LogP contribution in [0.25, 0.3) is 0 Å². The minimum Gasteiger partial charge on any atom is -0.495 e. The smallest absolute Gasteiger partial charge is 0.262 e. The maximum Gasteiger partial charge on any atom is 0.262 e. The molecule has 4 rings (SSSR count). The summed E-state index contributed by atoms with van der Waals surface area (Å²) in [4.78, 5) is 18.5. The van der Waals surface area contributed by atoms with Gasteiger partial charge in [0.1, 0.15) is 11.9 Å². The standard InChI is InChI=1S/C21H21N3O2/c1-13-12-16(14(2)22-13)20-23-17-9-5-4-8-15(17)21(25)24(20)18-10-6-7-11-19(18)26-3/h4-12,20,22-23H,1-3H3/t20-/m0/s1. The Bertz CT molecular complexity index is 977. The van der Waals surface area contributed by atoms with E-state index in [0.717, 1.165) is 28.3 Å². The number of ether oxygens (including phenoxy) is 1. The quantitative estimate of drug-likeness (QED) is 0.738. The molecule has 1 aliphatic heterocycles. The molecule has 1 atom stereocenters. The van der Waals surface area contributed by atoms with Crippen LogP contribution in [0.1, 0.15) is 33.5 Å². The number of carbonyl (C=O) groups excluding carboxylic acids is 1. The lowest BCUT2D eigenvalue weighted by Gasteiger charge is -2.38. The fourth-order valence-corrected chi connectivity index (χ4v) is 3.58. The summed E-state index contributed by atoms with van der Waals surface area (Å²) in [6.07, 6.45) is -0.321. The molecule has 5 heteroatoms. The fourth-order valence-electron chi connectivity index (χ4n) is 3.58. The summed E-state index contributed by atoms with van der Waals surface area (Å²) in [6, 6.07) is 17.3. The molecule has 0 unspecified atom stereocenters. The summed E-state index contributed by atoms with van der Waals surface area (Å²) in [7, 11) is 1.62. The van der Waals surface area contributed by atoms with Crippen LogP contribution in [0.5, 0.6) is 5.75 Å². The van der Waals surface area contributed by atoms with Gasteiger partial charge in [0.2, 0.25) is 0 Å². The molecule has 0 bridgehead atoms. The van der Waals surface area contributed by atoms with Crippen LogP contribution in [0.3, 0.4) is 0 Å². The largest absolute Gasteiger partial charge is 0.495 e. The number of nitrogens with zero attached hydrogens (tertiary/aromatic N) is 1. The zero-order chi connectivity index (χ0) is 18.3. The summed E-state index contributed by atoms with van der Waals surface area (Å²) in [6.45, 7) is 4.04. The number of aromatic nitrogens is 1. The van der Waals surface area contributed by atoms with Crippen molar-refractivity contribution in [1.82, 2.24) is 4.98 Å². The van der Waals surface area contributed by atoms with Crippen LogP contribution in [-0.4, -0.2) is 18.0 Å². The number of aromatic amines is 1. The summed E-state index contributed by atoms with van der Waals surface area (Å²) >= 11 is 0. The topological polar surface area (TPSA) is 57.4 Å². The van der Waals surface area contributed by atoms with E-state index < -0.39 is 0 Å². The van der Waals surface area contributed by atoms with E-state index in [0.29, 0.717) is 11.3 Å². The third kappa shape index (κ3) is 2.52. The second-order valence-corrected chi connectivity index (χ2v) is 6.47. The molecule has 1 amide bonds. The lowest BCUT2D eigenvalue weighted by Crippen LogP contribution is -2.43. The fraction of sp³-hybridized carbons (Fsp3) is 0.190. The summed E-state index contributed by atoms with van der Waals surface area (Å²) in [5.41, 5.74) is 5.37. The summed E-state index contributed by atoms with van der Waals surface area (Å²) in [5, 5.41) is 3.53. The number of anilines is 2. The average Bonchev–Trinajstić information content (AvgIpc) is 3.00. The Hall–Kier alpha value is -3.21. The van der Waals surface area contributed by atoms with Crippen molar-refractivity contribution in [1.29, 1.82) is 0 Å². The Morgan fingerprint density at radius 2 is 1.77 bits per heavy atom. The minimum atomic E-state index is -0.321. The second-order valence-electron chi connectivity index (χ2n) is 6.47. The van der Waals surface area contributed by atoms with Gasteiger partial charge in [0, 0.05) is 22.6 Å². The highest BCUT2D eigenvalue weighted by molar-refractivity contribution is 6.12. The molecule has 5 nitrogen and oxygen atoms in total. The van der Waals surface area contributed by atoms with Gasteiger partial charge in [0.15, 0.2) is 0 Å².